The predicted octanol–water partition coefficient (Wildman–Crippen LogP) is 2.78. The lowest BCUT2D eigenvalue weighted by Crippen LogP contribution is -2.71. The molecule has 2 atom stereocenters. The maximum Gasteiger partial charge on any atom is 0.356 e. The Morgan fingerprint density at radius 3 is 2.69 bits per heavy atom. The molecule has 0 saturated carbocycles. The molecule has 0 bridgehead atoms. The summed E-state index contributed by atoms with van der Waals surface area (Å²) in [5.74, 6) is -1.08. The molecule has 0 aliphatic carbocycles. The third-order valence-corrected chi connectivity index (χ3v) is 6.17. The molecular weight excluding hydrogens is 356 g/mol. The van der Waals surface area contributed by atoms with E-state index in [2.05, 4.69) is 4.98 Å². The van der Waals surface area contributed by atoms with Crippen LogP contribution in [0.4, 0.5) is 0 Å². The Morgan fingerprint density at radius 1 is 1.38 bits per heavy atom. The summed E-state index contributed by atoms with van der Waals surface area (Å²) in [5.41, 5.74) is 0.701. The highest BCUT2D eigenvalue weighted by molar-refractivity contribution is 7.99. The van der Waals surface area contributed by atoms with Gasteiger partial charge in [-0.2, -0.15) is 0 Å². The van der Waals surface area contributed by atoms with E-state index in [9.17, 15) is 14.7 Å². The van der Waals surface area contributed by atoms with Gasteiger partial charge in [-0.3, -0.25) is 9.69 Å². The zero-order chi connectivity index (χ0) is 18.9. The Morgan fingerprint density at radius 2 is 2.08 bits per heavy atom. The molecule has 0 radical (unpaired) electrons. The largest absolute Gasteiger partial charge is 0.463 e. The number of oxazole rings is 1. The number of nitrogens with zero attached hydrogens (tertiary/aromatic N) is 2. The van der Waals surface area contributed by atoms with Gasteiger partial charge < -0.3 is 14.3 Å². The number of carbonyl (C=O) groups excluding carboxylic acids is 2. The fourth-order valence-corrected chi connectivity index (χ4v) is 4.77. The van der Waals surface area contributed by atoms with Crippen LogP contribution in [0.15, 0.2) is 33.9 Å². The highest BCUT2D eigenvalue weighted by Crippen LogP contribution is 2.52. The van der Waals surface area contributed by atoms with Crippen LogP contribution in [-0.4, -0.2) is 45.1 Å². The van der Waals surface area contributed by atoms with Crippen molar-refractivity contribution in [1.29, 1.82) is 0 Å². The lowest BCUT2D eigenvalue weighted by molar-refractivity contribution is -0.196. The number of aliphatic hydroxyl groups is 1. The van der Waals surface area contributed by atoms with Crippen LogP contribution in [0.1, 0.15) is 33.6 Å². The Bertz CT molecular complexity index is 784. The van der Waals surface area contributed by atoms with Gasteiger partial charge >= 0.3 is 5.97 Å². The van der Waals surface area contributed by atoms with Crippen molar-refractivity contribution in [3.63, 3.8) is 0 Å². The summed E-state index contributed by atoms with van der Waals surface area (Å²) >= 11 is 1.25. The Kier molecular flexibility index (Phi) is 5.24. The third-order valence-electron chi connectivity index (χ3n) is 4.90. The second-order valence-corrected chi connectivity index (χ2v) is 7.15. The molecular formula is C18H22N2O5S. The van der Waals surface area contributed by atoms with Crippen LogP contribution in [0.3, 0.4) is 0 Å². The van der Waals surface area contributed by atoms with Crippen molar-refractivity contribution in [2.24, 2.45) is 5.41 Å². The number of ether oxygens (including phenoxy) is 1. The zero-order valence-corrected chi connectivity index (χ0v) is 15.8. The summed E-state index contributed by atoms with van der Waals surface area (Å²) in [7, 11) is 0. The number of hydrogen-bond donors (Lipinski definition) is 1. The maximum absolute atomic E-state index is 12.8. The first-order valence-corrected chi connectivity index (χ1v) is 9.56. The smallest absolute Gasteiger partial charge is 0.356 e. The van der Waals surface area contributed by atoms with Crippen LogP contribution < -0.4 is 0 Å². The lowest BCUT2D eigenvalue weighted by Gasteiger charge is -2.55. The molecule has 1 fully saturated rings. The van der Waals surface area contributed by atoms with E-state index in [4.69, 9.17) is 9.15 Å². The Hall–Kier alpha value is -2.06. The minimum atomic E-state index is -1.63. The standard InChI is InChI=1S/C18H22N2O5S/c1-4-18(5-2)15(23)20(13(21)14(22)24-6-3)16(18)26-17-19-11-9-7-8-10-12(11)25-17/h7-10,13,16,21H,4-6H2,1-3H3. The summed E-state index contributed by atoms with van der Waals surface area (Å²) in [6, 6.07) is 7.38. The Labute approximate surface area is 155 Å². The number of aliphatic hydroxyl groups excluding tert-OH is 1. The number of benzene rings is 1. The molecule has 26 heavy (non-hydrogen) atoms. The highest BCUT2D eigenvalue weighted by Gasteiger charge is 2.62. The molecule has 1 N–H and O–H groups in total. The van der Waals surface area contributed by atoms with E-state index in [0.29, 0.717) is 23.6 Å². The number of para-hydroxylation sites is 2. The van der Waals surface area contributed by atoms with Crippen molar-refractivity contribution in [2.75, 3.05) is 6.61 Å². The van der Waals surface area contributed by atoms with Gasteiger partial charge in [0.2, 0.25) is 12.1 Å². The van der Waals surface area contributed by atoms with Crippen molar-refractivity contribution in [1.82, 2.24) is 9.88 Å². The minimum Gasteiger partial charge on any atom is -0.463 e. The third kappa shape index (κ3) is 2.87. The Balaban J connectivity index is 1.90. The van der Waals surface area contributed by atoms with E-state index in [-0.39, 0.29) is 12.5 Å². The molecule has 1 amide bonds. The number of β-lactam (4-membered cyclic amide) rings is 1. The topological polar surface area (TPSA) is 92.9 Å². The van der Waals surface area contributed by atoms with E-state index >= 15 is 0 Å². The summed E-state index contributed by atoms with van der Waals surface area (Å²) in [4.78, 5) is 30.3. The summed E-state index contributed by atoms with van der Waals surface area (Å²) in [5, 5.41) is 10.3. The number of likely N-dealkylation sites (tertiary alicyclic amines) is 1. The van der Waals surface area contributed by atoms with Gasteiger partial charge in [0.15, 0.2) is 5.58 Å². The first-order valence-electron chi connectivity index (χ1n) is 8.68. The van der Waals surface area contributed by atoms with E-state index in [1.54, 1.807) is 6.92 Å². The van der Waals surface area contributed by atoms with Crippen LogP contribution in [-0.2, 0) is 14.3 Å². The van der Waals surface area contributed by atoms with Crippen LogP contribution in [0, 0.1) is 5.41 Å². The molecule has 2 unspecified atom stereocenters. The van der Waals surface area contributed by atoms with E-state index in [0.717, 1.165) is 5.52 Å². The number of amides is 1. The van der Waals surface area contributed by atoms with Gasteiger partial charge in [0.1, 0.15) is 10.9 Å². The SMILES string of the molecule is CCOC(=O)C(O)N1C(=O)C(CC)(CC)C1Sc1nc2ccccc2o1. The fourth-order valence-electron chi connectivity index (χ4n) is 3.31. The number of aromatic nitrogens is 1. The molecule has 1 aliphatic heterocycles. The number of fused-ring (bicyclic) bond motifs is 1. The molecule has 3 rings (SSSR count). The van der Waals surface area contributed by atoms with Crippen LogP contribution >= 0.6 is 11.8 Å². The number of thioether (sulfide) groups is 1. The van der Waals surface area contributed by atoms with Crippen LogP contribution in [0.2, 0.25) is 0 Å². The molecule has 1 aromatic heterocycles. The van der Waals surface area contributed by atoms with Crippen LogP contribution in [0.25, 0.3) is 11.1 Å². The number of carbonyl (C=O) groups is 2. The maximum atomic E-state index is 12.8. The minimum absolute atomic E-state index is 0.133. The summed E-state index contributed by atoms with van der Waals surface area (Å²) in [6.07, 6.45) is -0.450. The van der Waals surface area contributed by atoms with Crippen molar-refractivity contribution in [3.05, 3.63) is 24.3 Å². The predicted molar refractivity (Wildman–Crippen MR) is 96.2 cm³/mol. The summed E-state index contributed by atoms with van der Waals surface area (Å²) in [6.45, 7) is 5.63. The molecule has 7 nitrogen and oxygen atoms in total. The van der Waals surface area contributed by atoms with E-state index < -0.39 is 23.0 Å². The highest BCUT2D eigenvalue weighted by atomic mass is 32.2. The normalized spacial score (nSPS) is 20.1. The summed E-state index contributed by atoms with van der Waals surface area (Å²) < 4.78 is 10.6. The van der Waals surface area contributed by atoms with Gasteiger partial charge in [-0.15, -0.1) is 0 Å². The molecule has 2 heterocycles. The molecule has 140 valence electrons. The molecule has 1 saturated heterocycles. The number of esters is 1. The van der Waals surface area contributed by atoms with E-state index in [1.807, 2.05) is 38.1 Å². The number of hydrogen-bond acceptors (Lipinski definition) is 7. The molecule has 2 aromatic rings. The van der Waals surface area contributed by atoms with Gasteiger partial charge in [0, 0.05) is 0 Å². The second kappa shape index (κ2) is 7.28. The average molecular weight is 378 g/mol. The lowest BCUT2D eigenvalue weighted by atomic mass is 9.73. The van der Waals surface area contributed by atoms with Crippen molar-refractivity contribution in [3.8, 4) is 0 Å². The van der Waals surface area contributed by atoms with Crippen molar-refractivity contribution in [2.45, 2.75) is 50.4 Å². The first kappa shape index (κ1) is 18.7. The van der Waals surface area contributed by atoms with Gasteiger partial charge in [-0.25, -0.2) is 9.78 Å². The van der Waals surface area contributed by atoms with Gasteiger partial charge in [0.25, 0.3) is 5.22 Å². The monoisotopic (exact) mass is 378 g/mol. The van der Waals surface area contributed by atoms with Gasteiger partial charge in [-0.1, -0.05) is 26.0 Å². The van der Waals surface area contributed by atoms with E-state index in [1.165, 1.54) is 16.7 Å². The molecule has 0 spiro atoms. The zero-order valence-electron chi connectivity index (χ0n) is 15.0. The van der Waals surface area contributed by atoms with Gasteiger partial charge in [0.05, 0.1) is 12.0 Å². The van der Waals surface area contributed by atoms with Crippen LogP contribution in [0.5, 0.6) is 0 Å². The van der Waals surface area contributed by atoms with Gasteiger partial charge in [-0.05, 0) is 43.7 Å². The first-order chi connectivity index (χ1) is 12.5. The van der Waals surface area contributed by atoms with Crippen molar-refractivity contribution >= 4 is 34.7 Å². The molecule has 8 heteroatoms. The number of rotatable bonds is 7. The fraction of sp³-hybridized carbons (Fsp3) is 0.500. The molecule has 1 aliphatic rings. The quantitative estimate of drug-likeness (QED) is 0.585. The molecule has 1 aromatic carbocycles. The van der Waals surface area contributed by atoms with Crippen molar-refractivity contribution < 1.29 is 23.8 Å². The second-order valence-electron chi connectivity index (χ2n) is 6.12. The average Bonchev–Trinajstić information content (AvgIpc) is 3.05.